The maximum atomic E-state index is 11.2. The number of hydrogen-bond acceptors (Lipinski definition) is 2. The molecule has 0 bridgehead atoms. The number of allylic oxidation sites excluding steroid dienone is 1. The molecular weight excluding hydrogens is 296 g/mol. The molecule has 2 heteroatoms. The van der Waals surface area contributed by atoms with E-state index in [9.17, 15) is 4.79 Å². The number of ether oxygens (including phenoxy) is 1. The van der Waals surface area contributed by atoms with E-state index in [1.54, 1.807) is 0 Å². The van der Waals surface area contributed by atoms with E-state index in [-0.39, 0.29) is 5.97 Å². The van der Waals surface area contributed by atoms with E-state index in [0.717, 1.165) is 19.3 Å². The maximum Gasteiger partial charge on any atom is 0.305 e. The lowest BCUT2D eigenvalue weighted by molar-refractivity contribution is -0.143. The third kappa shape index (κ3) is 6.19. The molecule has 0 saturated carbocycles. The van der Waals surface area contributed by atoms with Gasteiger partial charge in [0.15, 0.2) is 0 Å². The normalized spacial score (nSPS) is 11.2. The number of carbonyl (C=O) groups excluding carboxylic acids is 1. The van der Waals surface area contributed by atoms with E-state index in [1.807, 2.05) is 6.92 Å². The quantitative estimate of drug-likeness (QED) is 0.387. The Morgan fingerprint density at radius 2 is 1.71 bits per heavy atom. The molecule has 2 rings (SSSR count). The number of unbranched alkanes of at least 4 members (excludes halogenated alkanes) is 5. The Bertz CT molecular complexity index is 653. The van der Waals surface area contributed by atoms with Crippen LogP contribution in [0.2, 0.25) is 0 Å². The van der Waals surface area contributed by atoms with Crippen LogP contribution in [-0.4, -0.2) is 12.6 Å². The highest BCUT2D eigenvalue weighted by Crippen LogP contribution is 2.20. The van der Waals surface area contributed by atoms with Crippen LogP contribution in [0, 0.1) is 0 Å². The highest BCUT2D eigenvalue weighted by molar-refractivity contribution is 5.90. The van der Waals surface area contributed by atoms with Gasteiger partial charge in [0.05, 0.1) is 6.61 Å². The Morgan fingerprint density at radius 1 is 0.958 bits per heavy atom. The summed E-state index contributed by atoms with van der Waals surface area (Å²) in [5.74, 6) is -0.0597. The zero-order valence-electron chi connectivity index (χ0n) is 14.7. The molecule has 0 aliphatic rings. The van der Waals surface area contributed by atoms with Gasteiger partial charge < -0.3 is 4.74 Å². The van der Waals surface area contributed by atoms with Crippen molar-refractivity contribution in [1.82, 2.24) is 0 Å². The number of fused-ring (bicyclic) bond motifs is 1. The first-order chi connectivity index (χ1) is 11.8. The van der Waals surface area contributed by atoms with E-state index in [0.29, 0.717) is 13.0 Å². The molecule has 0 saturated heterocycles. The first-order valence-electron chi connectivity index (χ1n) is 9.11. The van der Waals surface area contributed by atoms with E-state index in [2.05, 4.69) is 54.6 Å². The molecule has 0 N–H and O–H groups in total. The van der Waals surface area contributed by atoms with Crippen LogP contribution in [0.3, 0.4) is 0 Å². The molecule has 2 aromatic carbocycles. The van der Waals surface area contributed by atoms with Gasteiger partial charge >= 0.3 is 5.97 Å². The summed E-state index contributed by atoms with van der Waals surface area (Å²) in [6, 6.07) is 15.0. The van der Waals surface area contributed by atoms with Crippen molar-refractivity contribution in [3.05, 3.63) is 54.1 Å². The maximum absolute atomic E-state index is 11.2. The molecule has 24 heavy (non-hydrogen) atoms. The summed E-state index contributed by atoms with van der Waals surface area (Å²) in [5.41, 5.74) is 1.29. The highest BCUT2D eigenvalue weighted by Gasteiger charge is 2.00. The minimum Gasteiger partial charge on any atom is -0.466 e. The van der Waals surface area contributed by atoms with Gasteiger partial charge in [-0.1, -0.05) is 73.9 Å². The lowest BCUT2D eigenvalue weighted by atomic mass is 10.0. The van der Waals surface area contributed by atoms with Crippen molar-refractivity contribution in [3.63, 3.8) is 0 Å². The van der Waals surface area contributed by atoms with Crippen LogP contribution in [0.25, 0.3) is 16.8 Å². The van der Waals surface area contributed by atoms with Gasteiger partial charge in [-0.05, 0) is 42.5 Å². The molecule has 0 heterocycles. The molecule has 0 unspecified atom stereocenters. The Balaban J connectivity index is 1.62. The lowest BCUT2D eigenvalue weighted by Gasteiger charge is -2.02. The summed E-state index contributed by atoms with van der Waals surface area (Å²) in [4.78, 5) is 11.2. The second-order valence-electron chi connectivity index (χ2n) is 6.08. The fraction of sp³-hybridized carbons (Fsp3) is 0.409. The number of carbonyl (C=O) groups is 1. The van der Waals surface area contributed by atoms with Gasteiger partial charge in [-0.2, -0.15) is 0 Å². The van der Waals surface area contributed by atoms with Crippen molar-refractivity contribution in [3.8, 4) is 0 Å². The summed E-state index contributed by atoms with van der Waals surface area (Å²) in [5, 5.41) is 2.61. The third-order valence-electron chi connectivity index (χ3n) is 4.18. The van der Waals surface area contributed by atoms with Crippen molar-refractivity contribution in [2.75, 3.05) is 6.61 Å². The first-order valence-corrected chi connectivity index (χ1v) is 9.11. The Hall–Kier alpha value is -2.09. The van der Waals surface area contributed by atoms with Crippen molar-refractivity contribution < 1.29 is 9.53 Å². The summed E-state index contributed by atoms with van der Waals surface area (Å²) in [7, 11) is 0. The number of esters is 1. The average Bonchev–Trinajstić information content (AvgIpc) is 2.60. The second kappa shape index (κ2) is 10.6. The molecule has 0 aliphatic carbocycles. The summed E-state index contributed by atoms with van der Waals surface area (Å²) >= 11 is 0. The van der Waals surface area contributed by atoms with Gasteiger partial charge in [0.1, 0.15) is 0 Å². The smallest absolute Gasteiger partial charge is 0.305 e. The van der Waals surface area contributed by atoms with Gasteiger partial charge in [-0.25, -0.2) is 0 Å². The van der Waals surface area contributed by atoms with Crippen molar-refractivity contribution in [2.24, 2.45) is 0 Å². The Morgan fingerprint density at radius 3 is 2.58 bits per heavy atom. The van der Waals surface area contributed by atoms with Crippen molar-refractivity contribution >= 4 is 22.8 Å². The molecule has 2 aromatic rings. The molecule has 128 valence electrons. The van der Waals surface area contributed by atoms with Gasteiger partial charge in [-0.3, -0.25) is 4.79 Å². The van der Waals surface area contributed by atoms with Crippen LogP contribution in [-0.2, 0) is 9.53 Å². The predicted molar refractivity (Wildman–Crippen MR) is 102 cm³/mol. The molecule has 2 nitrogen and oxygen atoms in total. The molecule has 0 spiro atoms. The minimum absolute atomic E-state index is 0.0597. The predicted octanol–water partition coefficient (Wildman–Crippen LogP) is 6.15. The highest BCUT2D eigenvalue weighted by atomic mass is 16.5. The van der Waals surface area contributed by atoms with E-state index < -0.39 is 0 Å². The van der Waals surface area contributed by atoms with E-state index >= 15 is 0 Å². The van der Waals surface area contributed by atoms with Gasteiger partial charge in [0.2, 0.25) is 0 Å². The molecule has 0 fully saturated rings. The zero-order chi connectivity index (χ0) is 17.0. The van der Waals surface area contributed by atoms with Crippen LogP contribution in [0.5, 0.6) is 0 Å². The largest absolute Gasteiger partial charge is 0.466 e. The Kier molecular flexibility index (Phi) is 8.09. The summed E-state index contributed by atoms with van der Waals surface area (Å²) in [6.45, 7) is 2.34. The standard InChI is InChI=1S/C22H28O2/c1-2-24-22(23)18-9-7-5-3-4-6-8-13-19-15-12-16-20-14-10-11-17-21(19)20/h8,10-17H,2-7,9,18H2,1H3/b13-8+. The zero-order valence-corrected chi connectivity index (χ0v) is 14.7. The van der Waals surface area contributed by atoms with Gasteiger partial charge in [0, 0.05) is 6.42 Å². The van der Waals surface area contributed by atoms with Gasteiger partial charge in [0.25, 0.3) is 0 Å². The summed E-state index contributed by atoms with van der Waals surface area (Å²) < 4.78 is 4.93. The SMILES string of the molecule is CCOC(=O)CCCCCCC/C=C/c1cccc2ccccc12. The van der Waals surface area contributed by atoms with Crippen molar-refractivity contribution in [2.45, 2.75) is 51.9 Å². The fourth-order valence-electron chi connectivity index (χ4n) is 2.90. The minimum atomic E-state index is -0.0597. The summed E-state index contributed by atoms with van der Waals surface area (Å²) in [6.07, 6.45) is 11.9. The fourth-order valence-corrected chi connectivity index (χ4v) is 2.90. The Labute approximate surface area is 145 Å². The number of benzene rings is 2. The van der Waals surface area contributed by atoms with Crippen molar-refractivity contribution in [1.29, 1.82) is 0 Å². The number of hydrogen-bond donors (Lipinski definition) is 0. The van der Waals surface area contributed by atoms with Crippen LogP contribution < -0.4 is 0 Å². The molecule has 0 radical (unpaired) electrons. The van der Waals surface area contributed by atoms with Crippen LogP contribution in [0.1, 0.15) is 57.4 Å². The van der Waals surface area contributed by atoms with Crippen LogP contribution in [0.4, 0.5) is 0 Å². The molecular formula is C22H28O2. The average molecular weight is 324 g/mol. The lowest BCUT2D eigenvalue weighted by Crippen LogP contribution is -2.03. The number of rotatable bonds is 10. The van der Waals surface area contributed by atoms with Gasteiger partial charge in [-0.15, -0.1) is 0 Å². The first kappa shape index (κ1) is 18.3. The van der Waals surface area contributed by atoms with E-state index in [4.69, 9.17) is 4.74 Å². The van der Waals surface area contributed by atoms with E-state index in [1.165, 1.54) is 35.6 Å². The molecule has 0 atom stereocenters. The van der Waals surface area contributed by atoms with Crippen LogP contribution >= 0.6 is 0 Å². The third-order valence-corrected chi connectivity index (χ3v) is 4.18. The monoisotopic (exact) mass is 324 g/mol. The van der Waals surface area contributed by atoms with Crippen LogP contribution in [0.15, 0.2) is 48.5 Å². The molecule has 0 aromatic heterocycles. The molecule has 0 amide bonds. The topological polar surface area (TPSA) is 26.3 Å². The molecule has 0 aliphatic heterocycles. The second-order valence-corrected chi connectivity index (χ2v) is 6.08.